The van der Waals surface area contributed by atoms with Crippen molar-refractivity contribution in [2.75, 3.05) is 7.11 Å². The Morgan fingerprint density at radius 3 is 2.74 bits per heavy atom. The third-order valence-corrected chi connectivity index (χ3v) is 5.15. The zero-order valence-electron chi connectivity index (χ0n) is 10.1. The second-order valence-electron chi connectivity index (χ2n) is 4.00. The van der Waals surface area contributed by atoms with Gasteiger partial charge in [-0.1, -0.05) is 0 Å². The Hall–Kier alpha value is -1.84. The van der Waals surface area contributed by atoms with Crippen LogP contribution in [0.25, 0.3) is 15.3 Å². The molecular formula is C14H10FNO2Se. The van der Waals surface area contributed by atoms with Crippen LogP contribution in [0.3, 0.4) is 0 Å². The van der Waals surface area contributed by atoms with Crippen molar-refractivity contribution in [1.29, 1.82) is 0 Å². The van der Waals surface area contributed by atoms with E-state index in [2.05, 4.69) is 0 Å². The quantitative estimate of drug-likeness (QED) is 0.677. The summed E-state index contributed by atoms with van der Waals surface area (Å²) in [6.45, 7) is 0. The van der Waals surface area contributed by atoms with Gasteiger partial charge in [-0.15, -0.1) is 0 Å². The first-order valence-corrected chi connectivity index (χ1v) is 7.28. The van der Waals surface area contributed by atoms with Gasteiger partial charge < -0.3 is 0 Å². The van der Waals surface area contributed by atoms with Crippen LogP contribution in [-0.2, 0) is 0 Å². The average Bonchev–Trinajstić information content (AvgIpc) is 2.76. The number of fused-ring (bicyclic) bond motifs is 1. The molecule has 1 heterocycles. The van der Waals surface area contributed by atoms with E-state index in [1.165, 1.54) is 25.3 Å². The van der Waals surface area contributed by atoms with Gasteiger partial charge in [0.05, 0.1) is 0 Å². The number of ether oxygens (including phenoxy) is 1. The number of rotatable bonds is 2. The molecule has 0 amide bonds. The van der Waals surface area contributed by atoms with Gasteiger partial charge in [0.1, 0.15) is 0 Å². The third-order valence-electron chi connectivity index (χ3n) is 2.85. The van der Waals surface area contributed by atoms with Crippen LogP contribution >= 0.6 is 0 Å². The second kappa shape index (κ2) is 4.68. The normalized spacial score (nSPS) is 10.8. The number of hydrogen-bond donors (Lipinski definition) is 0. The van der Waals surface area contributed by atoms with E-state index >= 15 is 0 Å². The van der Waals surface area contributed by atoms with Gasteiger partial charge in [-0.05, 0) is 0 Å². The zero-order chi connectivity index (χ0) is 13.4. The van der Waals surface area contributed by atoms with E-state index in [9.17, 15) is 9.18 Å². The maximum atomic E-state index is 13.4. The molecule has 0 aliphatic carbocycles. The molecule has 0 unspecified atom stereocenters. The molecule has 3 rings (SSSR count). The average molecular weight is 322 g/mol. The van der Waals surface area contributed by atoms with Crippen molar-refractivity contribution in [1.82, 2.24) is 3.56 Å². The second-order valence-corrected chi connectivity index (χ2v) is 6.08. The molecule has 0 aliphatic heterocycles. The molecule has 5 heteroatoms. The summed E-state index contributed by atoms with van der Waals surface area (Å²) in [5.74, 6) is 0.125. The van der Waals surface area contributed by atoms with E-state index in [1.54, 1.807) is 9.63 Å². The fourth-order valence-electron chi connectivity index (χ4n) is 1.95. The van der Waals surface area contributed by atoms with Crippen molar-refractivity contribution in [2.45, 2.75) is 0 Å². The van der Waals surface area contributed by atoms with Crippen molar-refractivity contribution in [3.05, 3.63) is 58.6 Å². The van der Waals surface area contributed by atoms with Gasteiger partial charge in [0.25, 0.3) is 0 Å². The van der Waals surface area contributed by atoms with Gasteiger partial charge in [-0.3, -0.25) is 0 Å². The molecule has 0 aliphatic rings. The van der Waals surface area contributed by atoms with Crippen molar-refractivity contribution in [3.8, 4) is 11.4 Å². The third kappa shape index (κ3) is 2.01. The van der Waals surface area contributed by atoms with E-state index in [-0.39, 0.29) is 26.1 Å². The van der Waals surface area contributed by atoms with E-state index < -0.39 is 0 Å². The number of aromatic nitrogens is 1. The van der Waals surface area contributed by atoms with Gasteiger partial charge in [0, 0.05) is 0 Å². The summed E-state index contributed by atoms with van der Waals surface area (Å²) in [5, 5.41) is 0.689. The van der Waals surface area contributed by atoms with Crippen molar-refractivity contribution in [2.24, 2.45) is 0 Å². The monoisotopic (exact) mass is 323 g/mol. The van der Waals surface area contributed by atoms with Crippen LogP contribution in [0.2, 0.25) is 0 Å². The molecule has 1 aromatic heterocycles. The Bertz CT molecular complexity index is 807. The standard InChI is InChI=1S/C14H10FNO2Se/c1-18-12-7-6-9(15)8-11(12)16-14(17)10-4-2-3-5-13(10)19-16/h2-8H,1H3. The zero-order valence-corrected chi connectivity index (χ0v) is 11.8. The summed E-state index contributed by atoms with van der Waals surface area (Å²) in [5.41, 5.74) is 0.392. The molecule has 0 spiro atoms. The number of halogens is 1. The Morgan fingerprint density at radius 2 is 2.00 bits per heavy atom. The first kappa shape index (κ1) is 12.2. The van der Waals surface area contributed by atoms with Gasteiger partial charge in [-0.25, -0.2) is 0 Å². The maximum absolute atomic E-state index is 13.4. The van der Waals surface area contributed by atoms with Crippen LogP contribution < -0.4 is 10.3 Å². The predicted molar refractivity (Wildman–Crippen MR) is 73.0 cm³/mol. The molecule has 0 N–H and O–H groups in total. The summed E-state index contributed by atoms with van der Waals surface area (Å²) in [6, 6.07) is 11.7. The SMILES string of the molecule is COc1ccc(F)cc1-n1[se]c2ccccc2c1=O. The van der Waals surface area contributed by atoms with Crippen molar-refractivity contribution >= 4 is 24.4 Å². The molecule has 0 saturated carbocycles. The fraction of sp³-hybridized carbons (Fsp3) is 0.0714. The van der Waals surface area contributed by atoms with Crippen LogP contribution in [0.1, 0.15) is 0 Å². The van der Waals surface area contributed by atoms with E-state index in [4.69, 9.17) is 4.74 Å². The molecule has 19 heavy (non-hydrogen) atoms. The number of methoxy groups -OCH3 is 1. The van der Waals surface area contributed by atoms with Crippen molar-refractivity contribution in [3.63, 3.8) is 0 Å². The summed E-state index contributed by atoms with van der Waals surface area (Å²) in [6.07, 6.45) is 0. The summed E-state index contributed by atoms with van der Waals surface area (Å²) in [4.78, 5) is 12.3. The molecule has 0 fully saturated rings. The Kier molecular flexibility index (Phi) is 3.01. The molecule has 0 radical (unpaired) electrons. The first-order chi connectivity index (χ1) is 9.20. The summed E-state index contributed by atoms with van der Waals surface area (Å²) < 4.78 is 21.2. The number of hydrogen-bond acceptors (Lipinski definition) is 2. The Labute approximate surface area is 114 Å². The molecule has 0 bridgehead atoms. The minimum absolute atomic E-state index is 0.0977. The molecular weight excluding hydrogens is 312 g/mol. The summed E-state index contributed by atoms with van der Waals surface area (Å²) in [7, 11) is 1.51. The molecule has 3 nitrogen and oxygen atoms in total. The van der Waals surface area contributed by atoms with E-state index in [1.807, 2.05) is 18.2 Å². The van der Waals surface area contributed by atoms with Gasteiger partial charge >= 0.3 is 114 Å². The van der Waals surface area contributed by atoms with E-state index in [0.717, 1.165) is 4.26 Å². The predicted octanol–water partition coefficient (Wildman–Crippen LogP) is 2.20. The molecule has 96 valence electrons. The van der Waals surface area contributed by atoms with Gasteiger partial charge in [0.15, 0.2) is 0 Å². The Balaban J connectivity index is 2.33. The van der Waals surface area contributed by atoms with E-state index in [0.29, 0.717) is 16.8 Å². The minimum atomic E-state index is -0.379. The topological polar surface area (TPSA) is 31.2 Å². The van der Waals surface area contributed by atoms with Crippen LogP contribution in [0, 0.1) is 5.82 Å². The number of benzene rings is 2. The van der Waals surface area contributed by atoms with Gasteiger partial charge in [0.2, 0.25) is 0 Å². The van der Waals surface area contributed by atoms with Crippen LogP contribution in [0.15, 0.2) is 47.3 Å². The van der Waals surface area contributed by atoms with Crippen LogP contribution in [0.4, 0.5) is 4.39 Å². The van der Waals surface area contributed by atoms with Crippen molar-refractivity contribution < 1.29 is 9.13 Å². The Morgan fingerprint density at radius 1 is 1.21 bits per heavy atom. The molecule has 2 aromatic carbocycles. The molecule has 3 aromatic rings. The van der Waals surface area contributed by atoms with Crippen LogP contribution in [0.5, 0.6) is 5.75 Å². The van der Waals surface area contributed by atoms with Crippen LogP contribution in [-0.4, -0.2) is 25.4 Å². The summed E-state index contributed by atoms with van der Waals surface area (Å²) >= 11 is -0.186. The fourth-order valence-corrected chi connectivity index (χ4v) is 4.08. The molecule has 0 saturated heterocycles. The first-order valence-electron chi connectivity index (χ1n) is 5.65. The number of nitrogens with zero attached hydrogens (tertiary/aromatic N) is 1. The van der Waals surface area contributed by atoms with Gasteiger partial charge in [-0.2, -0.15) is 0 Å². The molecule has 0 atom stereocenters.